The summed E-state index contributed by atoms with van der Waals surface area (Å²) < 4.78 is 20.1. The third kappa shape index (κ3) is 2.62. The van der Waals surface area contributed by atoms with Crippen LogP contribution in [0.5, 0.6) is 0 Å². The molecule has 0 amide bonds. The van der Waals surface area contributed by atoms with Gasteiger partial charge in [-0.2, -0.15) is 4.36 Å². The summed E-state index contributed by atoms with van der Waals surface area (Å²) in [6.45, 7) is 1.70. The molecular weight excluding hydrogens is 268 g/mol. The first-order chi connectivity index (χ1) is 9.79. The van der Waals surface area contributed by atoms with Crippen LogP contribution in [0.3, 0.4) is 0 Å². The molecule has 0 spiro atoms. The second-order valence-corrected chi connectivity index (χ2v) is 7.04. The number of nitrogens with zero attached hydrogens (tertiary/aromatic N) is 2. The van der Waals surface area contributed by atoms with Crippen molar-refractivity contribution in [2.75, 3.05) is 13.1 Å². The van der Waals surface area contributed by atoms with Crippen LogP contribution in [0.15, 0.2) is 69.9 Å². The second-order valence-electron chi connectivity index (χ2n) is 4.87. The van der Waals surface area contributed by atoms with Crippen molar-refractivity contribution >= 4 is 15.6 Å². The first-order valence-electron chi connectivity index (χ1n) is 6.91. The summed E-state index contributed by atoms with van der Waals surface area (Å²) in [5.41, 5.74) is 0.772. The van der Waals surface area contributed by atoms with Gasteiger partial charge in [0.2, 0.25) is 0 Å². The van der Waals surface area contributed by atoms with Crippen molar-refractivity contribution in [3.05, 3.63) is 60.7 Å². The van der Waals surface area contributed by atoms with E-state index >= 15 is 0 Å². The fourth-order valence-corrected chi connectivity index (χ4v) is 4.62. The quantitative estimate of drug-likeness (QED) is 0.843. The Morgan fingerprint density at radius 1 is 0.850 bits per heavy atom. The average molecular weight is 286 g/mol. The topological polar surface area (TPSA) is 32.7 Å². The van der Waals surface area contributed by atoms with Crippen molar-refractivity contribution in [1.29, 1.82) is 0 Å². The van der Waals surface area contributed by atoms with E-state index in [2.05, 4.69) is 4.36 Å². The van der Waals surface area contributed by atoms with E-state index in [0.29, 0.717) is 0 Å². The molecule has 1 aliphatic heterocycles. The summed E-state index contributed by atoms with van der Waals surface area (Å²) in [6.07, 6.45) is 2.18. The fourth-order valence-electron chi connectivity index (χ4n) is 2.42. The Morgan fingerprint density at radius 3 is 2.00 bits per heavy atom. The predicted octanol–water partition coefficient (Wildman–Crippen LogP) is 3.86. The molecule has 20 heavy (non-hydrogen) atoms. The van der Waals surface area contributed by atoms with Crippen LogP contribution in [0, 0.1) is 0 Å². The molecule has 0 aliphatic carbocycles. The van der Waals surface area contributed by atoms with E-state index in [1.54, 1.807) is 0 Å². The first kappa shape index (κ1) is 13.3. The van der Waals surface area contributed by atoms with Crippen molar-refractivity contribution in [3.63, 3.8) is 0 Å². The van der Waals surface area contributed by atoms with Gasteiger partial charge < -0.3 is 0 Å². The molecule has 2 aromatic rings. The highest BCUT2D eigenvalue weighted by atomic mass is 32.2. The van der Waals surface area contributed by atoms with E-state index in [1.807, 2.05) is 65.0 Å². The van der Waals surface area contributed by atoms with Gasteiger partial charge in [-0.05, 0) is 37.1 Å². The third-order valence-electron chi connectivity index (χ3n) is 3.45. The Labute approximate surface area is 120 Å². The number of benzene rings is 2. The van der Waals surface area contributed by atoms with E-state index < -0.39 is 9.92 Å². The molecule has 1 unspecified atom stereocenters. The number of hydrogen-bond donors (Lipinski definition) is 0. The van der Waals surface area contributed by atoms with Crippen LogP contribution < -0.4 is 0 Å². The molecule has 1 aliphatic rings. The van der Waals surface area contributed by atoms with Crippen LogP contribution in [0.25, 0.3) is 0 Å². The molecule has 4 heteroatoms. The molecule has 0 aromatic heterocycles. The molecule has 0 radical (unpaired) electrons. The van der Waals surface area contributed by atoms with E-state index in [9.17, 15) is 4.21 Å². The smallest absolute Gasteiger partial charge is 0.144 e. The zero-order valence-electron chi connectivity index (χ0n) is 11.3. The summed E-state index contributed by atoms with van der Waals surface area (Å²) in [4.78, 5) is 0.797. The van der Waals surface area contributed by atoms with Gasteiger partial charge in [0.25, 0.3) is 0 Å². The van der Waals surface area contributed by atoms with Gasteiger partial charge in [-0.1, -0.05) is 36.4 Å². The van der Waals surface area contributed by atoms with E-state index in [4.69, 9.17) is 0 Å². The van der Waals surface area contributed by atoms with E-state index in [1.165, 1.54) is 0 Å². The Morgan fingerprint density at radius 2 is 1.40 bits per heavy atom. The standard InChI is InChI=1S/C16H18N2OS/c19-20(18-13-7-8-14-18,16-11-5-2-6-12-16)17-15-9-3-1-4-10-15/h1-6,9-12H,7-8,13-14H2. The van der Waals surface area contributed by atoms with Crippen LogP contribution in [0.4, 0.5) is 5.69 Å². The van der Waals surface area contributed by atoms with Crippen LogP contribution in [-0.2, 0) is 9.92 Å². The Kier molecular flexibility index (Phi) is 3.85. The molecule has 2 aromatic carbocycles. The summed E-state index contributed by atoms with van der Waals surface area (Å²) in [6, 6.07) is 19.2. The Balaban J connectivity index is 2.13. The van der Waals surface area contributed by atoms with Gasteiger partial charge in [-0.25, -0.2) is 8.51 Å². The Bertz CT molecular complexity index is 670. The van der Waals surface area contributed by atoms with Crippen molar-refractivity contribution < 1.29 is 4.21 Å². The normalized spacial score (nSPS) is 18.6. The lowest BCUT2D eigenvalue weighted by Gasteiger charge is -2.20. The van der Waals surface area contributed by atoms with Gasteiger partial charge in [0.1, 0.15) is 9.92 Å². The summed E-state index contributed by atoms with van der Waals surface area (Å²) in [7, 11) is -2.54. The lowest BCUT2D eigenvalue weighted by atomic mass is 10.3. The molecule has 0 N–H and O–H groups in total. The molecule has 0 saturated carbocycles. The molecule has 1 saturated heterocycles. The third-order valence-corrected chi connectivity index (χ3v) is 5.86. The van der Waals surface area contributed by atoms with Crippen molar-refractivity contribution in [2.45, 2.75) is 17.7 Å². The summed E-state index contributed by atoms with van der Waals surface area (Å²) in [5, 5.41) is 0. The SMILES string of the molecule is O=S(=Nc1ccccc1)(c1ccccc1)N1CCCC1. The minimum atomic E-state index is -2.54. The lowest BCUT2D eigenvalue weighted by Crippen LogP contribution is -2.27. The minimum Gasteiger partial charge on any atom is -0.228 e. The van der Waals surface area contributed by atoms with Crippen LogP contribution in [0.2, 0.25) is 0 Å². The largest absolute Gasteiger partial charge is 0.228 e. The zero-order valence-corrected chi connectivity index (χ0v) is 12.1. The lowest BCUT2D eigenvalue weighted by molar-refractivity contribution is 0.527. The highest BCUT2D eigenvalue weighted by Crippen LogP contribution is 2.26. The van der Waals surface area contributed by atoms with Crippen molar-refractivity contribution in [3.8, 4) is 0 Å². The van der Waals surface area contributed by atoms with Gasteiger partial charge in [0.05, 0.1) is 10.6 Å². The molecule has 3 rings (SSSR count). The Hall–Kier alpha value is -1.65. The molecule has 1 heterocycles. The van der Waals surface area contributed by atoms with Crippen LogP contribution in [0.1, 0.15) is 12.8 Å². The average Bonchev–Trinajstić information content (AvgIpc) is 3.04. The maximum absolute atomic E-state index is 13.5. The maximum atomic E-state index is 13.5. The zero-order chi connectivity index (χ0) is 13.8. The van der Waals surface area contributed by atoms with Crippen molar-refractivity contribution in [2.24, 2.45) is 4.36 Å². The van der Waals surface area contributed by atoms with Crippen LogP contribution in [-0.4, -0.2) is 21.6 Å². The molecule has 1 fully saturated rings. The van der Waals surface area contributed by atoms with Crippen LogP contribution >= 0.6 is 0 Å². The van der Waals surface area contributed by atoms with Crippen molar-refractivity contribution in [1.82, 2.24) is 4.31 Å². The fraction of sp³-hybridized carbons (Fsp3) is 0.250. The second kappa shape index (κ2) is 5.77. The van der Waals surface area contributed by atoms with Gasteiger partial charge >= 0.3 is 0 Å². The minimum absolute atomic E-state index is 0.772. The maximum Gasteiger partial charge on any atom is 0.144 e. The van der Waals surface area contributed by atoms with Gasteiger partial charge in [0, 0.05) is 13.1 Å². The highest BCUT2D eigenvalue weighted by Gasteiger charge is 2.25. The molecule has 0 bridgehead atoms. The summed E-state index contributed by atoms with van der Waals surface area (Å²) >= 11 is 0. The highest BCUT2D eigenvalue weighted by molar-refractivity contribution is 7.91. The number of hydrogen-bond acceptors (Lipinski definition) is 2. The van der Waals surface area contributed by atoms with E-state index in [0.717, 1.165) is 36.5 Å². The van der Waals surface area contributed by atoms with Gasteiger partial charge in [0.15, 0.2) is 0 Å². The number of rotatable bonds is 3. The molecule has 1 atom stereocenters. The monoisotopic (exact) mass is 286 g/mol. The first-order valence-corrected chi connectivity index (χ1v) is 8.39. The van der Waals surface area contributed by atoms with Gasteiger partial charge in [-0.15, -0.1) is 0 Å². The van der Waals surface area contributed by atoms with Gasteiger partial charge in [-0.3, -0.25) is 0 Å². The molecule has 104 valence electrons. The molecule has 3 nitrogen and oxygen atoms in total. The predicted molar refractivity (Wildman–Crippen MR) is 82.2 cm³/mol. The summed E-state index contributed by atoms with van der Waals surface area (Å²) in [5.74, 6) is 0. The van der Waals surface area contributed by atoms with E-state index in [-0.39, 0.29) is 0 Å². The molecular formula is C16H18N2OS.